The summed E-state index contributed by atoms with van der Waals surface area (Å²) in [5.74, 6) is 0. The van der Waals surface area contributed by atoms with Gasteiger partial charge in [0.2, 0.25) is 0 Å². The van der Waals surface area contributed by atoms with Gasteiger partial charge in [-0.05, 0) is 33.1 Å². The van der Waals surface area contributed by atoms with Gasteiger partial charge in [-0.3, -0.25) is 0 Å². The number of aliphatic hydroxyl groups excluding tert-OH is 4. The lowest BCUT2D eigenvalue weighted by atomic mass is 10.3. The minimum Gasteiger partial charge on any atom is -0.397 e. The molecule has 0 fully saturated rings. The van der Waals surface area contributed by atoms with Crippen molar-refractivity contribution in [3.63, 3.8) is 0 Å². The molecule has 0 heterocycles. The number of rotatable bonds is 4. The molecule has 0 bridgehead atoms. The molecule has 0 aromatic rings. The molecule has 0 saturated heterocycles. The highest BCUT2D eigenvalue weighted by molar-refractivity contribution is 4.34. The van der Waals surface area contributed by atoms with Crippen LogP contribution >= 0.6 is 0 Å². The highest BCUT2D eigenvalue weighted by Gasteiger charge is 1.81. The molecule has 4 N–H and O–H groups in total. The van der Waals surface area contributed by atoms with Gasteiger partial charge in [0.25, 0.3) is 0 Å². The number of unbranched alkanes of at least 4 members (excludes halogenated alkanes) is 1. The van der Waals surface area contributed by atoms with Gasteiger partial charge in [0.1, 0.15) is 0 Å². The Kier molecular flexibility index (Phi) is 54.3. The zero-order valence-corrected chi connectivity index (χ0v) is 12.3. The summed E-state index contributed by atoms with van der Waals surface area (Å²) in [5.41, 5.74) is 0. The molecule has 110 valence electrons. The first kappa shape index (κ1) is 25.6. The maximum absolute atomic E-state index is 8.36. The molecule has 17 heavy (non-hydrogen) atoms. The Morgan fingerprint density at radius 1 is 0.824 bits per heavy atom. The summed E-state index contributed by atoms with van der Waals surface area (Å²) in [5, 5.41) is 31.9. The summed E-state index contributed by atoms with van der Waals surface area (Å²) in [6, 6.07) is 0. The van der Waals surface area contributed by atoms with Crippen molar-refractivity contribution in [2.45, 2.75) is 66.4 Å². The van der Waals surface area contributed by atoms with Crippen molar-refractivity contribution < 1.29 is 20.4 Å². The predicted molar refractivity (Wildman–Crippen MR) is 74.1 cm³/mol. The molecule has 0 aliphatic carbocycles. The van der Waals surface area contributed by atoms with E-state index < -0.39 is 0 Å². The van der Waals surface area contributed by atoms with Gasteiger partial charge in [-0.25, -0.2) is 0 Å². The van der Waals surface area contributed by atoms with Gasteiger partial charge >= 0.3 is 0 Å². The van der Waals surface area contributed by atoms with Crippen molar-refractivity contribution in [1.29, 1.82) is 0 Å². The molecule has 0 rings (SSSR count). The molecule has 1 atom stereocenters. The molecule has 4 nitrogen and oxygen atoms in total. The summed E-state index contributed by atoms with van der Waals surface area (Å²) in [4.78, 5) is 0. The van der Waals surface area contributed by atoms with Crippen LogP contribution < -0.4 is 0 Å². The van der Waals surface area contributed by atoms with E-state index in [4.69, 9.17) is 20.4 Å². The van der Waals surface area contributed by atoms with Crippen LogP contribution in [0.15, 0.2) is 0 Å². The van der Waals surface area contributed by atoms with Crippen LogP contribution in [0.5, 0.6) is 0 Å². The maximum atomic E-state index is 8.36. The number of hydrogen-bond donors (Lipinski definition) is 4. The molecular weight excluding hydrogens is 220 g/mol. The van der Waals surface area contributed by atoms with Crippen molar-refractivity contribution in [1.82, 2.24) is 0 Å². The van der Waals surface area contributed by atoms with Crippen molar-refractivity contribution in [3.8, 4) is 0 Å². The van der Waals surface area contributed by atoms with Crippen molar-refractivity contribution in [2.24, 2.45) is 0 Å². The molecule has 0 aliphatic heterocycles. The standard InChI is InChI=1S/2C4H10O.C3H8O.C2H6O/c1-3-4(2)5;1-2-3-4-5;1-2-3-4;1-2-3/h4-5H,3H2,1-2H3;5H,2-4H2,1H3;4H,2-3H2,1H3;3H,2H2,1H3. The van der Waals surface area contributed by atoms with E-state index in [-0.39, 0.29) is 12.7 Å². The first-order valence-corrected chi connectivity index (χ1v) is 6.52. The second-order valence-corrected chi connectivity index (χ2v) is 3.37. The first-order chi connectivity index (χ1) is 8.01. The fourth-order valence-corrected chi connectivity index (χ4v) is 0.158. The van der Waals surface area contributed by atoms with Gasteiger partial charge in [0.05, 0.1) is 6.10 Å². The third-order valence-corrected chi connectivity index (χ3v) is 1.33. The quantitative estimate of drug-likeness (QED) is 0.618. The SMILES string of the molecule is CCC(C)O.CCCCO.CCCO.CCO. The zero-order valence-electron chi connectivity index (χ0n) is 12.3. The van der Waals surface area contributed by atoms with E-state index in [9.17, 15) is 0 Å². The van der Waals surface area contributed by atoms with Crippen molar-refractivity contribution >= 4 is 0 Å². The Labute approximate surface area is 107 Å². The van der Waals surface area contributed by atoms with E-state index in [1.165, 1.54) is 0 Å². The van der Waals surface area contributed by atoms with Gasteiger partial charge in [-0.15, -0.1) is 0 Å². The Morgan fingerprint density at radius 3 is 1.12 bits per heavy atom. The van der Waals surface area contributed by atoms with E-state index in [2.05, 4.69) is 6.92 Å². The van der Waals surface area contributed by atoms with Gasteiger partial charge in [-0.2, -0.15) is 0 Å². The van der Waals surface area contributed by atoms with Crippen LogP contribution in [0.1, 0.15) is 60.3 Å². The highest BCUT2D eigenvalue weighted by Crippen LogP contribution is 1.81. The highest BCUT2D eigenvalue weighted by atomic mass is 16.3. The summed E-state index contributed by atoms with van der Waals surface area (Å²) in [6.07, 6.45) is 3.66. The van der Waals surface area contributed by atoms with E-state index in [1.54, 1.807) is 13.8 Å². The minimum atomic E-state index is -0.116. The summed E-state index contributed by atoms with van der Waals surface area (Å²) < 4.78 is 0. The number of aliphatic hydroxyl groups is 4. The molecule has 1 unspecified atom stereocenters. The van der Waals surface area contributed by atoms with Gasteiger partial charge in [0, 0.05) is 19.8 Å². The average molecular weight is 254 g/mol. The maximum Gasteiger partial charge on any atom is 0.0509 e. The van der Waals surface area contributed by atoms with Crippen LogP contribution in [0.4, 0.5) is 0 Å². The minimum absolute atomic E-state index is 0.116. The van der Waals surface area contributed by atoms with Crippen LogP contribution in [0.3, 0.4) is 0 Å². The van der Waals surface area contributed by atoms with Gasteiger partial charge in [0.15, 0.2) is 0 Å². The molecule has 4 heteroatoms. The first-order valence-electron chi connectivity index (χ1n) is 6.52. The molecule has 0 radical (unpaired) electrons. The Hall–Kier alpha value is -0.160. The summed E-state index contributed by atoms with van der Waals surface area (Å²) in [6.45, 7) is 10.3. The molecule has 0 amide bonds. The lowest BCUT2D eigenvalue weighted by Gasteiger charge is -1.90. The third-order valence-electron chi connectivity index (χ3n) is 1.33. The number of hydrogen-bond acceptors (Lipinski definition) is 4. The molecule has 0 aromatic heterocycles. The molecule has 0 aromatic carbocycles. The van der Waals surface area contributed by atoms with Crippen LogP contribution in [0.25, 0.3) is 0 Å². The zero-order chi connectivity index (χ0) is 14.5. The van der Waals surface area contributed by atoms with E-state index in [0.29, 0.717) is 13.2 Å². The molecule has 0 spiro atoms. The van der Waals surface area contributed by atoms with Crippen molar-refractivity contribution in [2.75, 3.05) is 19.8 Å². The van der Waals surface area contributed by atoms with E-state index in [0.717, 1.165) is 25.7 Å². The monoisotopic (exact) mass is 254 g/mol. The second kappa shape index (κ2) is 36.0. The normalized spacial score (nSPS) is 9.71. The Balaban J connectivity index is -0.0000000676. The fourth-order valence-electron chi connectivity index (χ4n) is 0.158. The molecule has 0 aliphatic rings. The van der Waals surface area contributed by atoms with Gasteiger partial charge in [-0.1, -0.05) is 27.2 Å². The average Bonchev–Trinajstić information content (AvgIpc) is 2.32. The molecule has 0 saturated carbocycles. The van der Waals surface area contributed by atoms with Crippen LogP contribution in [-0.4, -0.2) is 46.4 Å². The Bertz CT molecular complexity index is 73.8. The Morgan fingerprint density at radius 2 is 1.12 bits per heavy atom. The van der Waals surface area contributed by atoms with Crippen molar-refractivity contribution in [3.05, 3.63) is 0 Å². The van der Waals surface area contributed by atoms with E-state index in [1.807, 2.05) is 13.8 Å². The lowest BCUT2D eigenvalue weighted by molar-refractivity contribution is 0.191. The summed E-state index contributed by atoms with van der Waals surface area (Å²) in [7, 11) is 0. The van der Waals surface area contributed by atoms with Crippen LogP contribution in [-0.2, 0) is 0 Å². The van der Waals surface area contributed by atoms with E-state index >= 15 is 0 Å². The summed E-state index contributed by atoms with van der Waals surface area (Å²) >= 11 is 0. The molecular formula is C13H34O4. The van der Waals surface area contributed by atoms with Gasteiger partial charge < -0.3 is 20.4 Å². The lowest BCUT2D eigenvalue weighted by Crippen LogP contribution is -1.93. The largest absolute Gasteiger partial charge is 0.397 e. The van der Waals surface area contributed by atoms with Crippen LogP contribution in [0.2, 0.25) is 0 Å². The fraction of sp³-hybridized carbons (Fsp3) is 1.00. The topological polar surface area (TPSA) is 80.9 Å². The smallest absolute Gasteiger partial charge is 0.0509 e. The second-order valence-electron chi connectivity index (χ2n) is 3.37. The predicted octanol–water partition coefficient (Wildman–Crippen LogP) is 1.94. The third kappa shape index (κ3) is 130. The van der Waals surface area contributed by atoms with Crippen LogP contribution in [0, 0.1) is 0 Å².